The third-order valence-corrected chi connectivity index (χ3v) is 5.09. The summed E-state index contributed by atoms with van der Waals surface area (Å²) in [7, 11) is 3.12. The number of carbonyl (C=O) groups is 3. The van der Waals surface area contributed by atoms with Gasteiger partial charge in [-0.2, -0.15) is 0 Å². The Balaban J connectivity index is 1.89. The molecule has 3 rings (SSSR count). The van der Waals surface area contributed by atoms with Crippen molar-refractivity contribution in [1.29, 1.82) is 0 Å². The van der Waals surface area contributed by atoms with Gasteiger partial charge < -0.3 is 25.4 Å². The van der Waals surface area contributed by atoms with Gasteiger partial charge in [0.05, 0.1) is 14.2 Å². The minimum atomic E-state index is -0.660. The summed E-state index contributed by atoms with van der Waals surface area (Å²) in [6.07, 6.45) is 0. The Morgan fingerprint density at radius 1 is 0.600 bits per heavy atom. The van der Waals surface area contributed by atoms with Crippen molar-refractivity contribution >= 4 is 34.8 Å². The number of anilines is 3. The number of benzene rings is 3. The van der Waals surface area contributed by atoms with E-state index in [0.29, 0.717) is 28.6 Å². The van der Waals surface area contributed by atoms with E-state index in [1.807, 2.05) is 0 Å². The highest BCUT2D eigenvalue weighted by molar-refractivity contribution is 6.10. The van der Waals surface area contributed by atoms with Crippen LogP contribution < -0.4 is 25.4 Å². The van der Waals surface area contributed by atoms with Gasteiger partial charge in [0, 0.05) is 33.6 Å². The van der Waals surface area contributed by atoms with E-state index < -0.39 is 17.2 Å². The predicted molar refractivity (Wildman–Crippen MR) is 136 cm³/mol. The largest absolute Gasteiger partial charge is 0.497 e. The van der Waals surface area contributed by atoms with E-state index in [2.05, 4.69) is 16.0 Å². The maximum Gasteiger partial charge on any atom is 0.255 e. The molecule has 0 bridgehead atoms. The van der Waals surface area contributed by atoms with E-state index in [1.165, 1.54) is 18.2 Å². The molecule has 182 valence electrons. The summed E-state index contributed by atoms with van der Waals surface area (Å²) >= 11 is 0. The zero-order valence-corrected chi connectivity index (χ0v) is 20.4. The standard InChI is InChI=1S/C27H29N3O5/c1-27(2,3)26(33)30-21-15-17(24(31)28-19-6-10-22(34-4)11-7-19)14-18(16-21)25(32)29-20-8-12-23(35-5)13-9-20/h6-16H,1-5H3,(H,28,31)(H,29,32)(H,30,33). The molecule has 8 heteroatoms. The fourth-order valence-corrected chi connectivity index (χ4v) is 3.04. The Hall–Kier alpha value is -4.33. The molecule has 3 amide bonds. The van der Waals surface area contributed by atoms with Gasteiger partial charge in [-0.05, 0) is 66.7 Å². The molecule has 0 aliphatic heterocycles. The van der Waals surface area contributed by atoms with E-state index in [1.54, 1.807) is 83.5 Å². The maximum absolute atomic E-state index is 13.0. The summed E-state index contributed by atoms with van der Waals surface area (Å²) in [5, 5.41) is 8.39. The Kier molecular flexibility index (Phi) is 7.76. The Morgan fingerprint density at radius 3 is 1.34 bits per heavy atom. The molecule has 3 aromatic carbocycles. The molecule has 35 heavy (non-hydrogen) atoms. The molecule has 0 heterocycles. The van der Waals surface area contributed by atoms with Gasteiger partial charge >= 0.3 is 0 Å². The first-order valence-corrected chi connectivity index (χ1v) is 11.0. The highest BCUT2D eigenvalue weighted by Gasteiger charge is 2.22. The van der Waals surface area contributed by atoms with Crippen molar-refractivity contribution in [3.8, 4) is 11.5 Å². The first-order valence-electron chi connectivity index (χ1n) is 11.0. The van der Waals surface area contributed by atoms with Crippen LogP contribution in [0.3, 0.4) is 0 Å². The van der Waals surface area contributed by atoms with Crippen LogP contribution in [-0.2, 0) is 4.79 Å². The van der Waals surface area contributed by atoms with Gasteiger partial charge in [-0.3, -0.25) is 14.4 Å². The van der Waals surface area contributed by atoms with Crippen molar-refractivity contribution in [1.82, 2.24) is 0 Å². The van der Waals surface area contributed by atoms with Gasteiger partial charge in [0.2, 0.25) is 5.91 Å². The lowest BCUT2D eigenvalue weighted by atomic mass is 9.95. The van der Waals surface area contributed by atoms with Crippen LogP contribution in [0.5, 0.6) is 11.5 Å². The molecule has 0 spiro atoms. The predicted octanol–water partition coefficient (Wildman–Crippen LogP) is 5.19. The normalized spacial score (nSPS) is 10.8. The molecule has 3 aromatic rings. The Labute approximate surface area is 204 Å². The number of carbonyl (C=O) groups excluding carboxylic acids is 3. The molecule has 0 saturated heterocycles. The van der Waals surface area contributed by atoms with Gasteiger partial charge in [-0.25, -0.2) is 0 Å². The molecule has 0 aliphatic carbocycles. The van der Waals surface area contributed by atoms with Crippen molar-refractivity contribution in [2.45, 2.75) is 20.8 Å². The zero-order valence-electron chi connectivity index (χ0n) is 20.4. The molecule has 0 atom stereocenters. The quantitative estimate of drug-likeness (QED) is 0.436. The summed E-state index contributed by atoms with van der Waals surface area (Å²) in [5.41, 5.74) is 1.23. The zero-order chi connectivity index (χ0) is 25.6. The lowest BCUT2D eigenvalue weighted by molar-refractivity contribution is -0.123. The minimum Gasteiger partial charge on any atom is -0.497 e. The maximum atomic E-state index is 13.0. The second-order valence-electron chi connectivity index (χ2n) is 8.87. The summed E-state index contributed by atoms with van der Waals surface area (Å²) in [6.45, 7) is 5.33. The third kappa shape index (κ3) is 6.83. The number of hydrogen-bond donors (Lipinski definition) is 3. The number of amides is 3. The van der Waals surface area contributed by atoms with Gasteiger partial charge in [-0.15, -0.1) is 0 Å². The van der Waals surface area contributed by atoms with Gasteiger partial charge in [0.15, 0.2) is 0 Å². The first-order chi connectivity index (χ1) is 16.6. The molecule has 0 saturated carbocycles. The lowest BCUT2D eigenvalue weighted by Gasteiger charge is -2.18. The fourth-order valence-electron chi connectivity index (χ4n) is 3.04. The lowest BCUT2D eigenvalue weighted by Crippen LogP contribution is -2.28. The second-order valence-corrected chi connectivity index (χ2v) is 8.87. The van der Waals surface area contributed by atoms with Crippen LogP contribution in [0, 0.1) is 5.41 Å². The van der Waals surface area contributed by atoms with Crippen molar-refractivity contribution < 1.29 is 23.9 Å². The Morgan fingerprint density at radius 2 is 1.00 bits per heavy atom. The SMILES string of the molecule is COc1ccc(NC(=O)c2cc(NC(=O)C(C)(C)C)cc(C(=O)Nc3ccc(OC)cc3)c2)cc1. The molecule has 0 aromatic heterocycles. The van der Waals surface area contributed by atoms with E-state index in [0.717, 1.165) is 0 Å². The smallest absolute Gasteiger partial charge is 0.255 e. The van der Waals surface area contributed by atoms with Crippen molar-refractivity contribution in [2.75, 3.05) is 30.2 Å². The monoisotopic (exact) mass is 475 g/mol. The molecule has 8 nitrogen and oxygen atoms in total. The average molecular weight is 476 g/mol. The summed E-state index contributed by atoms with van der Waals surface area (Å²) in [4.78, 5) is 38.6. The third-order valence-electron chi connectivity index (χ3n) is 5.09. The van der Waals surface area contributed by atoms with Crippen molar-refractivity contribution in [2.24, 2.45) is 5.41 Å². The topological polar surface area (TPSA) is 106 Å². The van der Waals surface area contributed by atoms with E-state index in [4.69, 9.17) is 9.47 Å². The van der Waals surface area contributed by atoms with Crippen LogP contribution in [0.2, 0.25) is 0 Å². The van der Waals surface area contributed by atoms with E-state index in [-0.39, 0.29) is 17.0 Å². The fraction of sp³-hybridized carbons (Fsp3) is 0.222. The molecular weight excluding hydrogens is 446 g/mol. The number of hydrogen-bond acceptors (Lipinski definition) is 5. The minimum absolute atomic E-state index is 0.215. The summed E-state index contributed by atoms with van der Waals surface area (Å²) in [6, 6.07) is 18.3. The molecule has 0 fully saturated rings. The number of ether oxygens (including phenoxy) is 2. The van der Waals surface area contributed by atoms with Gasteiger partial charge in [0.1, 0.15) is 11.5 Å². The van der Waals surface area contributed by atoms with Crippen LogP contribution in [0.1, 0.15) is 41.5 Å². The highest BCUT2D eigenvalue weighted by Crippen LogP contribution is 2.23. The molecule has 0 unspecified atom stereocenters. The van der Waals surface area contributed by atoms with Crippen LogP contribution in [0.25, 0.3) is 0 Å². The van der Waals surface area contributed by atoms with Crippen LogP contribution in [0.4, 0.5) is 17.1 Å². The van der Waals surface area contributed by atoms with Crippen LogP contribution in [0.15, 0.2) is 66.7 Å². The van der Waals surface area contributed by atoms with E-state index >= 15 is 0 Å². The number of methoxy groups -OCH3 is 2. The van der Waals surface area contributed by atoms with Gasteiger partial charge in [0.25, 0.3) is 11.8 Å². The van der Waals surface area contributed by atoms with Crippen LogP contribution >= 0.6 is 0 Å². The number of nitrogens with one attached hydrogen (secondary N) is 3. The van der Waals surface area contributed by atoms with E-state index in [9.17, 15) is 14.4 Å². The second kappa shape index (κ2) is 10.7. The molecule has 0 aliphatic rings. The number of rotatable bonds is 7. The molecular formula is C27H29N3O5. The molecule has 0 radical (unpaired) electrons. The van der Waals surface area contributed by atoms with Crippen LogP contribution in [-0.4, -0.2) is 31.9 Å². The average Bonchev–Trinajstić information content (AvgIpc) is 2.84. The van der Waals surface area contributed by atoms with Crippen molar-refractivity contribution in [3.05, 3.63) is 77.9 Å². The van der Waals surface area contributed by atoms with Gasteiger partial charge in [-0.1, -0.05) is 20.8 Å². The summed E-state index contributed by atoms with van der Waals surface area (Å²) in [5.74, 6) is 0.215. The molecule has 3 N–H and O–H groups in total. The van der Waals surface area contributed by atoms with Crippen molar-refractivity contribution in [3.63, 3.8) is 0 Å². The summed E-state index contributed by atoms with van der Waals surface area (Å²) < 4.78 is 10.3. The highest BCUT2D eigenvalue weighted by atomic mass is 16.5. The Bertz CT molecular complexity index is 1130. The first kappa shape index (κ1) is 25.3.